The number of rotatable bonds is 9. The third-order valence-electron chi connectivity index (χ3n) is 4.00. The summed E-state index contributed by atoms with van der Waals surface area (Å²) < 4.78 is 7.56. The third-order valence-corrected chi connectivity index (χ3v) is 5.01. The minimum atomic E-state index is 0.596. The average Bonchev–Trinajstić information content (AvgIpc) is 3.07. The Morgan fingerprint density at radius 1 is 1.12 bits per heavy atom. The van der Waals surface area contributed by atoms with Gasteiger partial charge in [0.15, 0.2) is 0 Å². The molecule has 0 amide bonds. The van der Waals surface area contributed by atoms with E-state index in [1.165, 1.54) is 16.7 Å². The summed E-state index contributed by atoms with van der Waals surface area (Å²) in [7, 11) is 1.85. The van der Waals surface area contributed by atoms with Crippen LogP contribution in [-0.2, 0) is 20.2 Å². The van der Waals surface area contributed by atoms with Gasteiger partial charge in [-0.05, 0) is 46.2 Å². The maximum atomic E-state index is 5.88. The highest BCUT2D eigenvalue weighted by atomic mass is 32.2. The highest BCUT2D eigenvalue weighted by Gasteiger charge is 2.02. The van der Waals surface area contributed by atoms with Crippen LogP contribution in [0.25, 0.3) is 0 Å². The molecule has 1 N–H and O–H groups in total. The molecule has 136 valence electrons. The summed E-state index contributed by atoms with van der Waals surface area (Å²) in [5.41, 5.74) is 3.70. The normalized spacial score (nSPS) is 10.8. The lowest BCUT2D eigenvalue weighted by atomic mass is 10.1. The van der Waals surface area contributed by atoms with E-state index in [-0.39, 0.29) is 0 Å². The van der Waals surface area contributed by atoms with Gasteiger partial charge in [0.25, 0.3) is 0 Å². The number of nitrogens with one attached hydrogen (secondary N) is 1. The van der Waals surface area contributed by atoms with Crippen molar-refractivity contribution < 1.29 is 4.74 Å². The van der Waals surface area contributed by atoms with Crippen molar-refractivity contribution in [1.29, 1.82) is 0 Å². The molecule has 0 atom stereocenters. The molecule has 3 aromatic rings. The second-order valence-electron chi connectivity index (χ2n) is 5.97. The maximum absolute atomic E-state index is 5.88. The van der Waals surface area contributed by atoms with Crippen molar-refractivity contribution in [3.63, 3.8) is 0 Å². The van der Waals surface area contributed by atoms with Gasteiger partial charge >= 0.3 is 0 Å². The SMILES string of the molecule is Cc1ccccc1COc1ccc(CNCCSc2nnnn2C)cc1. The van der Waals surface area contributed by atoms with Gasteiger partial charge in [0.1, 0.15) is 12.4 Å². The summed E-state index contributed by atoms with van der Waals surface area (Å²) in [6.45, 7) is 4.42. The van der Waals surface area contributed by atoms with Crippen LogP contribution in [0.15, 0.2) is 53.7 Å². The fourth-order valence-electron chi connectivity index (χ4n) is 2.43. The number of aromatic nitrogens is 4. The summed E-state index contributed by atoms with van der Waals surface area (Å²) in [5.74, 6) is 1.81. The summed E-state index contributed by atoms with van der Waals surface area (Å²) in [4.78, 5) is 0. The van der Waals surface area contributed by atoms with Crippen LogP contribution in [0.2, 0.25) is 0 Å². The van der Waals surface area contributed by atoms with Gasteiger partial charge in [0.2, 0.25) is 5.16 Å². The zero-order valence-electron chi connectivity index (χ0n) is 15.1. The van der Waals surface area contributed by atoms with Gasteiger partial charge in [-0.3, -0.25) is 0 Å². The van der Waals surface area contributed by atoms with Gasteiger partial charge in [-0.15, -0.1) is 5.10 Å². The van der Waals surface area contributed by atoms with Crippen molar-refractivity contribution in [1.82, 2.24) is 25.5 Å². The van der Waals surface area contributed by atoms with E-state index in [0.29, 0.717) is 6.61 Å². The molecular weight excluding hydrogens is 346 g/mol. The van der Waals surface area contributed by atoms with Crippen LogP contribution >= 0.6 is 11.8 Å². The van der Waals surface area contributed by atoms with Gasteiger partial charge in [-0.25, -0.2) is 4.68 Å². The summed E-state index contributed by atoms with van der Waals surface area (Å²) >= 11 is 1.64. The van der Waals surface area contributed by atoms with E-state index in [1.807, 2.05) is 31.3 Å². The van der Waals surface area contributed by atoms with Gasteiger partial charge in [0.05, 0.1) is 0 Å². The molecule has 0 fully saturated rings. The molecule has 1 heterocycles. The summed E-state index contributed by atoms with van der Waals surface area (Å²) in [6.07, 6.45) is 0. The van der Waals surface area contributed by atoms with Crippen molar-refractivity contribution in [3.05, 3.63) is 65.2 Å². The Morgan fingerprint density at radius 2 is 1.92 bits per heavy atom. The number of hydrogen-bond acceptors (Lipinski definition) is 6. The zero-order valence-corrected chi connectivity index (χ0v) is 15.9. The first-order valence-corrected chi connectivity index (χ1v) is 9.53. The van der Waals surface area contributed by atoms with Gasteiger partial charge < -0.3 is 10.1 Å². The lowest BCUT2D eigenvalue weighted by Gasteiger charge is -2.09. The molecule has 0 saturated heterocycles. The van der Waals surface area contributed by atoms with Crippen molar-refractivity contribution in [3.8, 4) is 5.75 Å². The second-order valence-corrected chi connectivity index (χ2v) is 7.03. The Balaban J connectivity index is 1.37. The fraction of sp³-hybridized carbons (Fsp3) is 0.316. The first-order chi connectivity index (χ1) is 12.7. The molecular formula is C19H23N5OS. The largest absolute Gasteiger partial charge is 0.489 e. The van der Waals surface area contributed by atoms with Crippen molar-refractivity contribution in [2.75, 3.05) is 12.3 Å². The average molecular weight is 369 g/mol. The molecule has 0 aliphatic carbocycles. The van der Waals surface area contributed by atoms with Crippen LogP contribution in [0.1, 0.15) is 16.7 Å². The van der Waals surface area contributed by atoms with Crippen LogP contribution in [0.4, 0.5) is 0 Å². The number of tetrazole rings is 1. The second kappa shape index (κ2) is 9.35. The van der Waals surface area contributed by atoms with Crippen LogP contribution < -0.4 is 10.1 Å². The minimum absolute atomic E-state index is 0.596. The molecule has 0 aliphatic heterocycles. The molecule has 3 rings (SSSR count). The first kappa shape index (κ1) is 18.4. The van der Waals surface area contributed by atoms with Gasteiger partial charge in [-0.2, -0.15) is 0 Å². The van der Waals surface area contributed by atoms with Crippen molar-refractivity contribution in [2.45, 2.75) is 25.2 Å². The van der Waals surface area contributed by atoms with E-state index >= 15 is 0 Å². The topological polar surface area (TPSA) is 64.9 Å². The number of benzene rings is 2. The Morgan fingerprint density at radius 3 is 2.65 bits per heavy atom. The molecule has 6 nitrogen and oxygen atoms in total. The Labute approximate surface area is 158 Å². The predicted octanol–water partition coefficient (Wildman–Crippen LogP) is 2.98. The molecule has 0 aliphatic rings. The molecule has 0 bridgehead atoms. The van der Waals surface area contributed by atoms with E-state index in [0.717, 1.165) is 29.7 Å². The summed E-state index contributed by atoms with van der Waals surface area (Å²) in [5, 5.41) is 15.7. The molecule has 0 saturated carbocycles. The fourth-order valence-corrected chi connectivity index (χ4v) is 3.17. The van der Waals surface area contributed by atoms with E-state index in [2.05, 4.69) is 52.0 Å². The Hall–Kier alpha value is -2.38. The lowest BCUT2D eigenvalue weighted by Crippen LogP contribution is -2.16. The van der Waals surface area contributed by atoms with Crippen molar-refractivity contribution >= 4 is 11.8 Å². The van der Waals surface area contributed by atoms with E-state index < -0.39 is 0 Å². The van der Waals surface area contributed by atoms with Crippen LogP contribution in [-0.4, -0.2) is 32.5 Å². The molecule has 7 heteroatoms. The molecule has 0 radical (unpaired) electrons. The Kier molecular flexibility index (Phi) is 6.62. The standard InChI is InChI=1S/C19H23N5OS/c1-15-5-3-4-6-17(15)14-25-18-9-7-16(8-10-18)13-20-11-12-26-19-21-22-23-24(19)2/h3-10,20H,11-14H2,1-2H3. The van der Waals surface area contributed by atoms with Crippen molar-refractivity contribution in [2.24, 2.45) is 7.05 Å². The first-order valence-electron chi connectivity index (χ1n) is 8.54. The molecule has 2 aromatic carbocycles. The van der Waals surface area contributed by atoms with Crippen LogP contribution in [0.3, 0.4) is 0 Å². The quantitative estimate of drug-likeness (QED) is 0.462. The predicted molar refractivity (Wildman–Crippen MR) is 103 cm³/mol. The third kappa shape index (κ3) is 5.31. The van der Waals surface area contributed by atoms with E-state index in [4.69, 9.17) is 4.74 Å². The van der Waals surface area contributed by atoms with Gasteiger partial charge in [0, 0.05) is 25.9 Å². The molecule has 1 aromatic heterocycles. The highest BCUT2D eigenvalue weighted by Crippen LogP contribution is 2.16. The Bertz CT molecular complexity index is 819. The van der Waals surface area contributed by atoms with Crippen LogP contribution in [0, 0.1) is 6.92 Å². The summed E-state index contributed by atoms with van der Waals surface area (Å²) in [6, 6.07) is 16.5. The smallest absolute Gasteiger partial charge is 0.209 e. The lowest BCUT2D eigenvalue weighted by molar-refractivity contribution is 0.305. The number of nitrogens with zero attached hydrogens (tertiary/aromatic N) is 4. The van der Waals surface area contributed by atoms with E-state index in [9.17, 15) is 0 Å². The number of aryl methyl sites for hydroxylation is 2. The number of thioether (sulfide) groups is 1. The zero-order chi connectivity index (χ0) is 18.2. The highest BCUT2D eigenvalue weighted by molar-refractivity contribution is 7.99. The monoisotopic (exact) mass is 369 g/mol. The minimum Gasteiger partial charge on any atom is -0.489 e. The number of ether oxygens (including phenoxy) is 1. The molecule has 26 heavy (non-hydrogen) atoms. The van der Waals surface area contributed by atoms with E-state index in [1.54, 1.807) is 16.4 Å². The molecule has 0 spiro atoms. The maximum Gasteiger partial charge on any atom is 0.209 e. The molecule has 0 unspecified atom stereocenters. The number of hydrogen-bond donors (Lipinski definition) is 1. The van der Waals surface area contributed by atoms with Gasteiger partial charge in [-0.1, -0.05) is 48.2 Å². The van der Waals surface area contributed by atoms with Crippen LogP contribution in [0.5, 0.6) is 5.75 Å².